The van der Waals surface area contributed by atoms with Gasteiger partial charge >= 0.3 is 0 Å². The number of rotatable bonds is 6. The van der Waals surface area contributed by atoms with E-state index >= 15 is 0 Å². The van der Waals surface area contributed by atoms with E-state index in [0.717, 1.165) is 45.4 Å². The minimum atomic E-state index is -0.215. The number of benzene rings is 1. The van der Waals surface area contributed by atoms with Gasteiger partial charge in [-0.25, -0.2) is 4.39 Å². The van der Waals surface area contributed by atoms with E-state index in [-0.39, 0.29) is 23.2 Å². The summed E-state index contributed by atoms with van der Waals surface area (Å²) in [6.45, 7) is 3.11. The van der Waals surface area contributed by atoms with E-state index in [4.69, 9.17) is 9.47 Å². The van der Waals surface area contributed by atoms with Gasteiger partial charge in [0.2, 0.25) is 5.91 Å². The van der Waals surface area contributed by atoms with Gasteiger partial charge in [-0.15, -0.1) is 0 Å². The van der Waals surface area contributed by atoms with E-state index in [9.17, 15) is 9.18 Å². The lowest BCUT2D eigenvalue weighted by molar-refractivity contribution is -0.161. The van der Waals surface area contributed by atoms with Gasteiger partial charge < -0.3 is 14.4 Å². The van der Waals surface area contributed by atoms with Crippen molar-refractivity contribution in [1.29, 1.82) is 0 Å². The number of hydrogen-bond acceptors (Lipinski definition) is 3. The molecular weight excluding hydrogens is 333 g/mol. The average Bonchev–Trinajstić information content (AvgIpc) is 3.28. The Hall–Kier alpha value is -1.72. The first kappa shape index (κ1) is 17.7. The molecule has 3 aliphatic rings. The summed E-state index contributed by atoms with van der Waals surface area (Å²) in [6, 6.07) is 6.72. The topological polar surface area (TPSA) is 38.8 Å². The number of carbonyl (C=O) groups excluding carboxylic acids is 1. The predicted molar refractivity (Wildman–Crippen MR) is 95.9 cm³/mol. The molecule has 0 N–H and O–H groups in total. The number of hydrogen-bond donors (Lipinski definition) is 0. The van der Waals surface area contributed by atoms with Gasteiger partial charge in [-0.05, 0) is 37.7 Å². The van der Waals surface area contributed by atoms with Crippen LogP contribution in [0, 0.1) is 17.7 Å². The van der Waals surface area contributed by atoms with E-state index in [2.05, 4.69) is 12.2 Å². The first-order valence-corrected chi connectivity index (χ1v) is 9.54. The van der Waals surface area contributed by atoms with Gasteiger partial charge in [-0.3, -0.25) is 4.79 Å². The van der Waals surface area contributed by atoms with Gasteiger partial charge in [0.25, 0.3) is 0 Å². The van der Waals surface area contributed by atoms with Crippen LogP contribution in [0.3, 0.4) is 0 Å². The molecule has 4 rings (SSSR count). The molecule has 4 nitrogen and oxygen atoms in total. The van der Waals surface area contributed by atoms with E-state index < -0.39 is 0 Å². The number of amides is 1. The Balaban J connectivity index is 1.16. The number of likely N-dealkylation sites (tertiary alicyclic amines) is 1. The van der Waals surface area contributed by atoms with Gasteiger partial charge in [0.1, 0.15) is 11.4 Å². The Labute approximate surface area is 154 Å². The van der Waals surface area contributed by atoms with Crippen LogP contribution in [0.5, 0.6) is 0 Å². The zero-order valence-electron chi connectivity index (χ0n) is 15.0. The van der Waals surface area contributed by atoms with Crippen LogP contribution in [0.2, 0.25) is 0 Å². The minimum Gasteiger partial charge on any atom is -0.377 e. The van der Waals surface area contributed by atoms with Gasteiger partial charge in [0, 0.05) is 18.1 Å². The molecule has 1 aromatic carbocycles. The van der Waals surface area contributed by atoms with Crippen LogP contribution in [-0.2, 0) is 20.9 Å². The second-order valence-corrected chi connectivity index (χ2v) is 7.83. The molecule has 0 radical (unpaired) electrons. The molecule has 1 aromatic rings. The van der Waals surface area contributed by atoms with Gasteiger partial charge in [-0.1, -0.05) is 30.4 Å². The SMILES string of the molecule is O=C(C1CC=CC1)N1CC2(CC(CCOCc3ccccc3F)CO2)C1. The summed E-state index contributed by atoms with van der Waals surface area (Å²) in [6.07, 6.45) is 7.86. The second-order valence-electron chi connectivity index (χ2n) is 7.83. The summed E-state index contributed by atoms with van der Waals surface area (Å²) in [5.74, 6) is 0.672. The molecule has 5 heteroatoms. The fourth-order valence-electron chi connectivity index (χ4n) is 4.27. The Kier molecular flexibility index (Phi) is 5.09. The monoisotopic (exact) mass is 359 g/mol. The first-order chi connectivity index (χ1) is 12.7. The third-order valence-electron chi connectivity index (χ3n) is 5.80. The molecule has 0 aromatic heterocycles. The molecule has 0 saturated carbocycles. The summed E-state index contributed by atoms with van der Waals surface area (Å²) < 4.78 is 25.2. The van der Waals surface area contributed by atoms with Crippen molar-refractivity contribution in [1.82, 2.24) is 4.90 Å². The zero-order chi connectivity index (χ0) is 18.0. The van der Waals surface area contributed by atoms with Crippen LogP contribution in [0.1, 0.15) is 31.2 Å². The summed E-state index contributed by atoms with van der Waals surface area (Å²) in [5, 5.41) is 0. The maximum atomic E-state index is 13.6. The molecule has 0 bridgehead atoms. The highest BCUT2D eigenvalue weighted by Gasteiger charge is 2.51. The van der Waals surface area contributed by atoms with Gasteiger partial charge in [-0.2, -0.15) is 0 Å². The number of allylic oxidation sites excluding steroid dienone is 2. The van der Waals surface area contributed by atoms with Gasteiger partial charge in [0.15, 0.2) is 0 Å². The van der Waals surface area contributed by atoms with Crippen molar-refractivity contribution in [2.24, 2.45) is 11.8 Å². The Bertz CT molecular complexity index is 676. The maximum Gasteiger partial charge on any atom is 0.226 e. The highest BCUT2D eigenvalue weighted by atomic mass is 19.1. The van der Waals surface area contributed by atoms with Crippen LogP contribution < -0.4 is 0 Å². The highest BCUT2D eigenvalue weighted by Crippen LogP contribution is 2.40. The lowest BCUT2D eigenvalue weighted by Gasteiger charge is -2.48. The van der Waals surface area contributed by atoms with Crippen molar-refractivity contribution in [2.45, 2.75) is 37.9 Å². The molecule has 1 amide bonds. The summed E-state index contributed by atoms with van der Waals surface area (Å²) >= 11 is 0. The smallest absolute Gasteiger partial charge is 0.226 e. The van der Waals surface area contributed by atoms with Crippen LogP contribution in [0.4, 0.5) is 4.39 Å². The number of nitrogens with zero attached hydrogens (tertiary/aromatic N) is 1. The molecule has 1 spiro atoms. The molecule has 140 valence electrons. The van der Waals surface area contributed by atoms with E-state index in [1.165, 1.54) is 6.07 Å². The van der Waals surface area contributed by atoms with Crippen LogP contribution in [0.25, 0.3) is 0 Å². The normalized spacial score (nSPS) is 24.3. The van der Waals surface area contributed by atoms with Crippen molar-refractivity contribution < 1.29 is 18.7 Å². The van der Waals surface area contributed by atoms with Crippen molar-refractivity contribution in [3.63, 3.8) is 0 Å². The molecule has 1 unspecified atom stereocenters. The Morgan fingerprint density at radius 1 is 1.27 bits per heavy atom. The van der Waals surface area contributed by atoms with Crippen molar-refractivity contribution in [3.05, 3.63) is 47.8 Å². The van der Waals surface area contributed by atoms with E-state index in [0.29, 0.717) is 24.7 Å². The average molecular weight is 359 g/mol. The molecule has 2 saturated heterocycles. The largest absolute Gasteiger partial charge is 0.377 e. The summed E-state index contributed by atoms with van der Waals surface area (Å²) in [7, 11) is 0. The molecule has 2 heterocycles. The summed E-state index contributed by atoms with van der Waals surface area (Å²) in [4.78, 5) is 14.4. The van der Waals surface area contributed by atoms with Crippen LogP contribution in [-0.4, -0.2) is 42.7 Å². The highest BCUT2D eigenvalue weighted by molar-refractivity contribution is 5.80. The molecule has 1 aliphatic carbocycles. The lowest BCUT2D eigenvalue weighted by Crippen LogP contribution is -2.64. The molecule has 26 heavy (non-hydrogen) atoms. The molecule has 1 atom stereocenters. The van der Waals surface area contributed by atoms with Crippen LogP contribution in [0.15, 0.2) is 36.4 Å². The summed E-state index contributed by atoms with van der Waals surface area (Å²) in [5.41, 5.74) is 0.471. The third-order valence-corrected chi connectivity index (χ3v) is 5.80. The predicted octanol–water partition coefficient (Wildman–Crippen LogP) is 3.32. The van der Waals surface area contributed by atoms with Crippen molar-refractivity contribution in [2.75, 3.05) is 26.3 Å². The lowest BCUT2D eigenvalue weighted by atomic mass is 9.85. The van der Waals surface area contributed by atoms with E-state index in [1.807, 2.05) is 11.0 Å². The molecule has 2 fully saturated rings. The molecule has 2 aliphatic heterocycles. The number of halogens is 1. The second kappa shape index (κ2) is 7.49. The quantitative estimate of drug-likeness (QED) is 0.578. The fraction of sp³-hybridized carbons (Fsp3) is 0.571. The third kappa shape index (κ3) is 3.69. The van der Waals surface area contributed by atoms with Gasteiger partial charge in [0.05, 0.1) is 26.3 Å². The zero-order valence-corrected chi connectivity index (χ0v) is 15.0. The fourth-order valence-corrected chi connectivity index (χ4v) is 4.27. The van der Waals surface area contributed by atoms with Crippen molar-refractivity contribution >= 4 is 5.91 Å². The first-order valence-electron chi connectivity index (χ1n) is 9.54. The minimum absolute atomic E-state index is 0.127. The standard InChI is InChI=1S/C21H26FNO3/c22-19-8-4-3-7-18(19)13-25-10-9-16-11-21(26-12-16)14-23(15-21)20(24)17-5-1-2-6-17/h1-4,7-8,16-17H,5-6,9-15H2. The number of ether oxygens (including phenoxy) is 2. The molecular formula is C21H26FNO3. The van der Waals surface area contributed by atoms with E-state index in [1.54, 1.807) is 12.1 Å². The Morgan fingerprint density at radius 3 is 2.81 bits per heavy atom. The Morgan fingerprint density at radius 2 is 2.04 bits per heavy atom. The van der Waals surface area contributed by atoms with Crippen molar-refractivity contribution in [3.8, 4) is 0 Å². The maximum absolute atomic E-state index is 13.6. The number of carbonyl (C=O) groups is 1. The van der Waals surface area contributed by atoms with Crippen LogP contribution >= 0.6 is 0 Å².